The van der Waals surface area contributed by atoms with Crippen molar-refractivity contribution < 1.29 is 70.5 Å². The van der Waals surface area contributed by atoms with E-state index in [1.165, 1.54) is 45.3 Å². The molecule has 0 radical (unpaired) electrons. The Morgan fingerprint density at radius 1 is 0.421 bits per heavy atom. The van der Waals surface area contributed by atoms with Crippen LogP contribution in [0.3, 0.4) is 0 Å². The van der Waals surface area contributed by atoms with Gasteiger partial charge in [0.1, 0.15) is 17.7 Å². The number of nitrogens with one attached hydrogen (secondary N) is 6. The Hall–Kier alpha value is -10.1. The first-order chi connectivity index (χ1) is 54.4. The van der Waals surface area contributed by atoms with E-state index in [-0.39, 0.29) is 107 Å². The lowest BCUT2D eigenvalue weighted by atomic mass is 10.00. The van der Waals surface area contributed by atoms with Crippen LogP contribution in [0.25, 0.3) is 55.8 Å². The molecule has 5 aliphatic heterocycles. The van der Waals surface area contributed by atoms with E-state index in [1.807, 2.05) is 41.5 Å². The van der Waals surface area contributed by atoms with E-state index in [0.29, 0.717) is 73.4 Å². The number of ether oxygens (including phenoxy) is 5. The number of halogens is 6. The van der Waals surface area contributed by atoms with Gasteiger partial charge in [0.25, 0.3) is 0 Å². The zero-order chi connectivity index (χ0) is 82.7. The van der Waals surface area contributed by atoms with Gasteiger partial charge in [-0.2, -0.15) is 49.8 Å². The standard InChI is InChI=1S/C17H25FN6O2.C16H23FN6O3.C13H19FN6O.C12H15ClFN5O.C11H15FN6O3/c1-6-10-9(4)11(18)16(26-10)24-7-20-12-13(19-5)21-17(22-14(12)24)23-15(25)8(2)3;1-7(2)14(25)22-16-20-12(18-4)11-13(21-16)23(6-19-11)15-10(17)8(3)9(5-24)26-15;1-4-7-6(2)8(14)12(21-7)20-5-17-9-10(16-3)18-13(15)19-11(9)20;1-3-6-5(2)7(14)11(20-6)19-4-16-8-9(13)17-12(15)18-10(8)19;1-14-8-6-9(17-11(13)16-8)18(3-15-6)10-5(12)7(20)4(2-19)21-10/h7-11,16H,6H2,1-5H3,(H2,19,21,22,23,25);6-10,15,24H,5H2,1-4H3,(H2,18,20,21,22,25);5-8,12H,4H2,1-3H3,(H3,15,16,18,19);4-7,11H,3H2,1-2H3,(H2,15,17,18);3-5,7,10,19-20H,2H2,1H3,(H3,13,14,16,17)/t9-,10-,11-,16-;8-,9-,10-,15-;6-,7-,8-,12-;5-,6-,7-,11-;4-,5-,7-,10-/m11111/s1. The summed E-state index contributed by atoms with van der Waals surface area (Å²) in [5, 5.41) is 45.2. The van der Waals surface area contributed by atoms with Crippen LogP contribution in [0.1, 0.15) is 127 Å². The second-order valence-electron chi connectivity index (χ2n) is 28.5. The highest BCUT2D eigenvalue weighted by Gasteiger charge is 2.49. The number of carbonyl (C=O) groups excluding carboxylic acids is 2. The van der Waals surface area contributed by atoms with E-state index in [1.54, 1.807) is 71.9 Å². The fourth-order valence-electron chi connectivity index (χ4n) is 13.8. The molecule has 20 atom stereocenters. The predicted molar refractivity (Wildman–Crippen MR) is 412 cm³/mol. The van der Waals surface area contributed by atoms with Gasteiger partial charge in [-0.05, 0) is 19.3 Å². The highest BCUT2D eigenvalue weighted by atomic mass is 35.5. The molecule has 0 bridgehead atoms. The Bertz CT molecular complexity index is 4760. The van der Waals surface area contributed by atoms with Crippen molar-refractivity contribution >= 4 is 132 Å². The number of nitrogens with zero attached hydrogens (tertiary/aromatic N) is 20. The first kappa shape index (κ1) is 84.8. The highest BCUT2D eigenvalue weighted by Crippen LogP contribution is 2.44. The number of rotatable bonds is 18. The van der Waals surface area contributed by atoms with Crippen molar-refractivity contribution in [3.63, 3.8) is 0 Å². The molecule has 10 aromatic heterocycles. The molecule has 5 saturated heterocycles. The first-order valence-corrected chi connectivity index (χ1v) is 37.6. The number of fused-ring (bicyclic) bond motifs is 5. The molecule has 620 valence electrons. The van der Waals surface area contributed by atoms with Crippen LogP contribution in [0, 0.1) is 35.5 Å². The first-order valence-electron chi connectivity index (χ1n) is 37.2. The number of aliphatic hydroxyl groups excluding tert-OH is 3. The molecule has 0 saturated carbocycles. The molecular formula is C69H97ClF5N29O10. The van der Waals surface area contributed by atoms with E-state index in [2.05, 4.69) is 107 Å². The molecule has 5 aliphatic rings. The summed E-state index contributed by atoms with van der Waals surface area (Å²) in [7, 11) is 6.74. The van der Waals surface area contributed by atoms with Gasteiger partial charge in [-0.25, -0.2) is 46.9 Å². The molecule has 2 amide bonds. The monoisotopic (exact) mass is 1620 g/mol. The molecule has 45 heteroatoms. The summed E-state index contributed by atoms with van der Waals surface area (Å²) < 4.78 is 109. The van der Waals surface area contributed by atoms with Crippen LogP contribution < -0.4 is 49.1 Å². The number of aliphatic hydroxyl groups is 3. The van der Waals surface area contributed by atoms with E-state index in [0.717, 1.165) is 19.3 Å². The molecule has 0 aromatic carbocycles. The third-order valence-corrected chi connectivity index (χ3v) is 20.8. The van der Waals surface area contributed by atoms with Crippen LogP contribution in [0.5, 0.6) is 0 Å². The molecule has 15 rings (SSSR count). The van der Waals surface area contributed by atoms with E-state index >= 15 is 0 Å². The molecular weight excluding hydrogens is 1530 g/mol. The van der Waals surface area contributed by atoms with Crippen LogP contribution >= 0.6 is 11.6 Å². The number of anilines is 9. The largest absolute Gasteiger partial charge is 0.394 e. The summed E-state index contributed by atoms with van der Waals surface area (Å²) in [6, 6.07) is 0. The minimum absolute atomic E-state index is 0.00117. The SMILES string of the molecule is CC[C@H]1O[C@@H](n2cnc3c(Cl)nc(N)nc32)[C@H](F)[C@@H]1C.CC[C@H]1O[C@@H](n2cnc3c(NC)nc(N)nc32)[C@H](F)[C@@H]1C.CC[C@H]1O[C@@H](n2cnc3c(NC)nc(NC(=O)C(C)C)nc32)[C@H](F)[C@@H]1C.CNc1nc(N)nc2c1ncn2[C@@H]1O[C@H](CO)[C@@H](O)[C@H]1F.CNc1nc(NC(=O)C(C)C)nc2c1ncn2[C@@H]1O[C@H](CO)[C@@H](C)[C@H]1F. The lowest BCUT2D eigenvalue weighted by Crippen LogP contribution is -2.30. The summed E-state index contributed by atoms with van der Waals surface area (Å²) in [5.74, 6) is 0.277. The number of carbonyl (C=O) groups is 2. The van der Waals surface area contributed by atoms with Crippen LogP contribution in [0.15, 0.2) is 31.6 Å². The number of hydrogen-bond acceptors (Lipinski definition) is 32. The van der Waals surface area contributed by atoms with Crippen LogP contribution in [-0.2, 0) is 33.3 Å². The number of alkyl halides is 5. The number of aromatic nitrogens is 20. The van der Waals surface area contributed by atoms with Gasteiger partial charge >= 0.3 is 0 Å². The van der Waals surface area contributed by atoms with E-state index in [4.69, 9.17) is 57.6 Å². The number of nitrogens with two attached hydrogens (primary N) is 3. The second kappa shape index (κ2) is 35.7. The Labute approximate surface area is 654 Å². The smallest absolute Gasteiger partial charge is 0.233 e. The Kier molecular flexibility index (Phi) is 26.6. The fraction of sp³-hybridized carbons (Fsp3) is 0.609. The molecule has 10 aromatic rings. The molecule has 114 heavy (non-hydrogen) atoms. The van der Waals surface area contributed by atoms with Crippen LogP contribution in [0.2, 0.25) is 5.15 Å². The van der Waals surface area contributed by atoms with Gasteiger partial charge in [0.2, 0.25) is 41.6 Å². The number of hydrogen-bond donors (Lipinski definition) is 12. The third-order valence-electron chi connectivity index (χ3n) is 20.5. The van der Waals surface area contributed by atoms with E-state index in [9.17, 15) is 41.8 Å². The van der Waals surface area contributed by atoms with Crippen molar-refractivity contribution in [3.05, 3.63) is 36.8 Å². The molecule has 0 aliphatic carbocycles. The maximum Gasteiger partial charge on any atom is 0.233 e. The van der Waals surface area contributed by atoms with Gasteiger partial charge in [-0.15, -0.1) is 0 Å². The number of imidazole rings is 5. The van der Waals surface area contributed by atoms with Crippen LogP contribution in [0.4, 0.5) is 75.0 Å². The Morgan fingerprint density at radius 2 is 0.684 bits per heavy atom. The zero-order valence-corrected chi connectivity index (χ0v) is 66.0. The fourth-order valence-corrected chi connectivity index (χ4v) is 14.0. The summed E-state index contributed by atoms with van der Waals surface area (Å²) >= 11 is 5.96. The maximum atomic E-state index is 14.8. The van der Waals surface area contributed by atoms with Crippen molar-refractivity contribution in [1.82, 2.24) is 97.6 Å². The van der Waals surface area contributed by atoms with Gasteiger partial charge in [0.15, 0.2) is 141 Å². The average Bonchev–Trinajstić information content (AvgIpc) is 1.64. The summed E-state index contributed by atoms with van der Waals surface area (Å²) in [6.45, 7) is 19.5. The van der Waals surface area contributed by atoms with E-state index < -0.39 is 92.8 Å². The minimum Gasteiger partial charge on any atom is -0.394 e. The van der Waals surface area contributed by atoms with Crippen molar-refractivity contribution in [3.8, 4) is 0 Å². The third kappa shape index (κ3) is 16.7. The normalized spacial score (nSPS) is 27.8. The summed E-state index contributed by atoms with van der Waals surface area (Å²) in [5.41, 5.74) is 21.1. The maximum absolute atomic E-state index is 14.8. The quantitative estimate of drug-likeness (QED) is 0.0299. The van der Waals surface area contributed by atoms with Crippen molar-refractivity contribution in [2.45, 2.75) is 194 Å². The molecule has 39 nitrogen and oxygen atoms in total. The van der Waals surface area contributed by atoms with Gasteiger partial charge in [-0.3, -0.25) is 43.1 Å². The summed E-state index contributed by atoms with van der Waals surface area (Å²) in [6.07, 6.45) is -4.70. The minimum atomic E-state index is -1.71. The Balaban J connectivity index is 0.000000141. The molecule has 15 N–H and O–H groups in total. The predicted octanol–water partition coefficient (Wildman–Crippen LogP) is 7.18. The number of nitrogen functional groups attached to an aromatic ring is 3. The topological polar surface area (TPSA) is 509 Å². The van der Waals surface area contributed by atoms with Gasteiger partial charge in [0, 0.05) is 63.7 Å². The lowest BCUT2D eigenvalue weighted by Gasteiger charge is -2.16. The molecule has 5 fully saturated rings. The highest BCUT2D eigenvalue weighted by molar-refractivity contribution is 6.33. The van der Waals surface area contributed by atoms with Gasteiger partial charge < -0.3 is 77.5 Å². The molecule has 0 spiro atoms. The van der Waals surface area contributed by atoms with Crippen LogP contribution in [-0.4, -0.2) is 234 Å². The zero-order valence-electron chi connectivity index (χ0n) is 65.3. The second-order valence-corrected chi connectivity index (χ2v) is 28.9. The molecule has 15 heterocycles. The van der Waals surface area contributed by atoms with Gasteiger partial charge in [-0.1, -0.05) is 87.8 Å². The number of amides is 2. The lowest BCUT2D eigenvalue weighted by molar-refractivity contribution is -0.119. The summed E-state index contributed by atoms with van der Waals surface area (Å²) in [4.78, 5) is 86.4. The average molecular weight is 1620 g/mol. The van der Waals surface area contributed by atoms with Crippen molar-refractivity contribution in [2.24, 2.45) is 35.5 Å². The van der Waals surface area contributed by atoms with Crippen molar-refractivity contribution in [2.75, 3.05) is 90.5 Å². The van der Waals surface area contributed by atoms with Gasteiger partial charge in [0.05, 0.1) is 69.3 Å². The van der Waals surface area contributed by atoms with Crippen molar-refractivity contribution in [1.29, 1.82) is 0 Å². The Morgan fingerprint density at radius 3 is 0.965 bits per heavy atom. The molecule has 0 unspecified atom stereocenters.